The van der Waals surface area contributed by atoms with Crippen LogP contribution in [-0.4, -0.2) is 10.9 Å². The van der Waals surface area contributed by atoms with Gasteiger partial charge in [0, 0.05) is 15.8 Å². The van der Waals surface area contributed by atoms with Gasteiger partial charge in [0.25, 0.3) is 5.91 Å². The number of rotatable bonds is 2. The molecule has 5 heteroatoms. The second kappa shape index (κ2) is 5.25. The maximum absolute atomic E-state index is 12.5. The van der Waals surface area contributed by atoms with Crippen molar-refractivity contribution in [1.82, 2.24) is 4.98 Å². The zero-order valence-corrected chi connectivity index (χ0v) is 13.1. The minimum absolute atomic E-state index is 0.222. The van der Waals surface area contributed by atoms with Gasteiger partial charge in [-0.3, -0.25) is 10.1 Å². The van der Waals surface area contributed by atoms with Crippen molar-refractivity contribution in [2.45, 2.75) is 32.6 Å². The summed E-state index contributed by atoms with van der Waals surface area (Å²) in [6.07, 6.45) is 4.50. The Kier molecular flexibility index (Phi) is 3.22. The first kappa shape index (κ1) is 13.5. The van der Waals surface area contributed by atoms with E-state index in [1.165, 1.54) is 17.7 Å². The van der Waals surface area contributed by atoms with Crippen LogP contribution in [0.2, 0.25) is 0 Å². The number of hydrogen-bond donors (Lipinski definition) is 1. The SMILES string of the molecule is Cc1c(C(=O)Nc2nc3c(s2)CCCC3)oc2ccccc12. The predicted octanol–water partition coefficient (Wildman–Crippen LogP) is 4.33. The Labute approximate surface area is 132 Å². The summed E-state index contributed by atoms with van der Waals surface area (Å²) in [6, 6.07) is 7.69. The van der Waals surface area contributed by atoms with Crippen LogP contribution in [0.1, 0.15) is 39.5 Å². The minimum atomic E-state index is -0.222. The van der Waals surface area contributed by atoms with Gasteiger partial charge in [-0.2, -0.15) is 0 Å². The Morgan fingerprint density at radius 1 is 1.27 bits per heavy atom. The molecule has 0 fully saturated rings. The summed E-state index contributed by atoms with van der Waals surface area (Å²) < 4.78 is 5.70. The summed E-state index contributed by atoms with van der Waals surface area (Å²) >= 11 is 1.59. The molecular weight excluding hydrogens is 296 g/mol. The average molecular weight is 312 g/mol. The molecule has 0 saturated heterocycles. The Bertz CT molecular complexity index is 839. The van der Waals surface area contributed by atoms with Gasteiger partial charge in [-0.1, -0.05) is 18.2 Å². The standard InChI is InChI=1S/C17H16N2O2S/c1-10-11-6-2-4-8-13(11)21-15(10)16(20)19-17-18-12-7-3-5-9-14(12)22-17/h2,4,6,8H,3,5,7,9H2,1H3,(H,18,19,20). The highest BCUT2D eigenvalue weighted by Gasteiger charge is 2.20. The molecule has 112 valence electrons. The molecular formula is C17H16N2O2S. The zero-order chi connectivity index (χ0) is 15.1. The van der Waals surface area contributed by atoms with Gasteiger partial charge < -0.3 is 4.42 Å². The lowest BCUT2D eigenvalue weighted by molar-refractivity contribution is 0.0998. The van der Waals surface area contributed by atoms with Crippen molar-refractivity contribution in [2.24, 2.45) is 0 Å². The second-order valence-electron chi connectivity index (χ2n) is 5.60. The molecule has 2 aromatic heterocycles. The van der Waals surface area contributed by atoms with E-state index in [0.29, 0.717) is 10.9 Å². The van der Waals surface area contributed by atoms with E-state index in [1.807, 2.05) is 31.2 Å². The van der Waals surface area contributed by atoms with Crippen molar-refractivity contribution in [3.05, 3.63) is 46.2 Å². The topological polar surface area (TPSA) is 55.1 Å². The maximum Gasteiger partial charge on any atom is 0.293 e. The third-order valence-electron chi connectivity index (χ3n) is 4.12. The highest BCUT2D eigenvalue weighted by atomic mass is 32.1. The Morgan fingerprint density at radius 2 is 2.09 bits per heavy atom. The van der Waals surface area contributed by atoms with Crippen LogP contribution in [0.3, 0.4) is 0 Å². The number of aromatic nitrogens is 1. The smallest absolute Gasteiger partial charge is 0.293 e. The molecule has 0 unspecified atom stereocenters. The van der Waals surface area contributed by atoms with Crippen LogP contribution in [-0.2, 0) is 12.8 Å². The number of furan rings is 1. The molecule has 1 amide bonds. The molecule has 0 atom stereocenters. The molecule has 0 aliphatic heterocycles. The molecule has 2 heterocycles. The van der Waals surface area contributed by atoms with Gasteiger partial charge in [-0.15, -0.1) is 11.3 Å². The van der Waals surface area contributed by atoms with Crippen LogP contribution in [0.25, 0.3) is 11.0 Å². The number of anilines is 1. The molecule has 0 radical (unpaired) electrons. The molecule has 1 aromatic carbocycles. The molecule has 3 aromatic rings. The quantitative estimate of drug-likeness (QED) is 0.766. The number of carbonyl (C=O) groups is 1. The highest BCUT2D eigenvalue weighted by Crippen LogP contribution is 2.31. The molecule has 0 spiro atoms. The number of nitrogens with one attached hydrogen (secondary N) is 1. The van der Waals surface area contributed by atoms with Crippen molar-refractivity contribution >= 4 is 33.3 Å². The highest BCUT2D eigenvalue weighted by molar-refractivity contribution is 7.15. The third-order valence-corrected chi connectivity index (χ3v) is 5.19. The predicted molar refractivity (Wildman–Crippen MR) is 87.7 cm³/mol. The first-order chi connectivity index (χ1) is 10.7. The first-order valence-corrected chi connectivity index (χ1v) is 8.32. The fourth-order valence-electron chi connectivity index (χ4n) is 2.95. The van der Waals surface area contributed by atoms with E-state index in [4.69, 9.17) is 4.42 Å². The van der Waals surface area contributed by atoms with E-state index in [1.54, 1.807) is 11.3 Å². The van der Waals surface area contributed by atoms with E-state index in [0.717, 1.165) is 35.1 Å². The summed E-state index contributed by atoms with van der Waals surface area (Å²) in [5, 5.41) is 4.55. The van der Waals surface area contributed by atoms with Gasteiger partial charge in [0.1, 0.15) is 5.58 Å². The molecule has 4 rings (SSSR count). The first-order valence-electron chi connectivity index (χ1n) is 7.50. The molecule has 4 nitrogen and oxygen atoms in total. The van der Waals surface area contributed by atoms with Crippen molar-refractivity contribution in [2.75, 3.05) is 5.32 Å². The fourth-order valence-corrected chi connectivity index (χ4v) is 4.00. The van der Waals surface area contributed by atoms with Crippen LogP contribution in [0.15, 0.2) is 28.7 Å². The largest absolute Gasteiger partial charge is 0.451 e. The summed E-state index contributed by atoms with van der Waals surface area (Å²) in [4.78, 5) is 18.3. The summed E-state index contributed by atoms with van der Waals surface area (Å²) in [7, 11) is 0. The zero-order valence-electron chi connectivity index (χ0n) is 12.3. The van der Waals surface area contributed by atoms with Crippen LogP contribution in [0.5, 0.6) is 0 Å². The number of carbonyl (C=O) groups excluding carboxylic acids is 1. The van der Waals surface area contributed by atoms with Gasteiger partial charge in [-0.05, 0) is 38.7 Å². The molecule has 0 saturated carbocycles. The number of fused-ring (bicyclic) bond motifs is 2. The number of aryl methyl sites for hydroxylation is 3. The number of thiazole rings is 1. The monoisotopic (exact) mass is 312 g/mol. The lowest BCUT2D eigenvalue weighted by Crippen LogP contribution is -2.12. The molecule has 22 heavy (non-hydrogen) atoms. The maximum atomic E-state index is 12.5. The number of hydrogen-bond acceptors (Lipinski definition) is 4. The van der Waals surface area contributed by atoms with Gasteiger partial charge in [0.05, 0.1) is 5.69 Å². The summed E-state index contributed by atoms with van der Waals surface area (Å²) in [5.41, 5.74) is 2.76. The minimum Gasteiger partial charge on any atom is -0.451 e. The molecule has 1 N–H and O–H groups in total. The summed E-state index contributed by atoms with van der Waals surface area (Å²) in [5.74, 6) is 0.147. The van der Waals surface area contributed by atoms with Gasteiger partial charge >= 0.3 is 0 Å². The van der Waals surface area contributed by atoms with E-state index in [9.17, 15) is 4.79 Å². The van der Waals surface area contributed by atoms with E-state index >= 15 is 0 Å². The Hall–Kier alpha value is -2.14. The van der Waals surface area contributed by atoms with Crippen LogP contribution < -0.4 is 5.32 Å². The van der Waals surface area contributed by atoms with E-state index in [2.05, 4.69) is 10.3 Å². The van der Waals surface area contributed by atoms with Crippen molar-refractivity contribution < 1.29 is 9.21 Å². The normalized spacial score (nSPS) is 14.0. The number of amides is 1. The van der Waals surface area contributed by atoms with E-state index < -0.39 is 0 Å². The number of para-hydroxylation sites is 1. The van der Waals surface area contributed by atoms with Gasteiger partial charge in [-0.25, -0.2) is 4.98 Å². The lowest BCUT2D eigenvalue weighted by atomic mass is 10.0. The fraction of sp³-hybridized carbons (Fsp3) is 0.294. The van der Waals surface area contributed by atoms with Crippen molar-refractivity contribution in [3.63, 3.8) is 0 Å². The Balaban J connectivity index is 1.63. The molecule has 1 aliphatic carbocycles. The van der Waals surface area contributed by atoms with Gasteiger partial charge in [0.15, 0.2) is 10.9 Å². The number of benzene rings is 1. The molecule has 1 aliphatic rings. The van der Waals surface area contributed by atoms with Crippen LogP contribution in [0.4, 0.5) is 5.13 Å². The molecule has 0 bridgehead atoms. The Morgan fingerprint density at radius 3 is 2.91 bits per heavy atom. The third kappa shape index (κ3) is 2.22. The van der Waals surface area contributed by atoms with Gasteiger partial charge in [0.2, 0.25) is 0 Å². The number of nitrogens with zero attached hydrogens (tertiary/aromatic N) is 1. The second-order valence-corrected chi connectivity index (χ2v) is 6.69. The van der Waals surface area contributed by atoms with E-state index in [-0.39, 0.29) is 5.91 Å². The summed E-state index contributed by atoms with van der Waals surface area (Å²) in [6.45, 7) is 1.91. The lowest BCUT2D eigenvalue weighted by Gasteiger charge is -2.06. The van der Waals surface area contributed by atoms with Crippen molar-refractivity contribution in [1.29, 1.82) is 0 Å². The van der Waals surface area contributed by atoms with Crippen molar-refractivity contribution in [3.8, 4) is 0 Å². The van der Waals surface area contributed by atoms with Crippen LogP contribution >= 0.6 is 11.3 Å². The van der Waals surface area contributed by atoms with Crippen LogP contribution in [0, 0.1) is 6.92 Å². The average Bonchev–Trinajstić information content (AvgIpc) is 3.08.